The van der Waals surface area contributed by atoms with E-state index in [1.54, 1.807) is 34.1 Å². The Kier molecular flexibility index (Phi) is 5.81. The van der Waals surface area contributed by atoms with Gasteiger partial charge in [0.05, 0.1) is 17.9 Å². The molecule has 1 saturated heterocycles. The minimum absolute atomic E-state index is 0.0277. The van der Waals surface area contributed by atoms with Crippen molar-refractivity contribution in [2.75, 3.05) is 13.1 Å². The quantitative estimate of drug-likeness (QED) is 0.448. The first-order valence-corrected chi connectivity index (χ1v) is 10.6. The van der Waals surface area contributed by atoms with Gasteiger partial charge in [0.1, 0.15) is 24.3 Å². The van der Waals surface area contributed by atoms with Gasteiger partial charge in [0.2, 0.25) is 5.56 Å². The molecule has 1 amide bonds. The lowest BCUT2D eigenvalue weighted by Crippen LogP contribution is -2.40. The summed E-state index contributed by atoms with van der Waals surface area (Å²) >= 11 is 0. The van der Waals surface area contributed by atoms with Crippen molar-refractivity contribution >= 4 is 5.91 Å². The molecule has 4 aromatic rings. The van der Waals surface area contributed by atoms with Gasteiger partial charge in [-0.3, -0.25) is 9.59 Å². The Morgan fingerprint density at radius 3 is 2.79 bits per heavy atom. The highest BCUT2D eigenvalue weighted by Crippen LogP contribution is 2.23. The van der Waals surface area contributed by atoms with E-state index in [1.165, 1.54) is 29.2 Å². The lowest BCUT2D eigenvalue weighted by Gasteiger charge is -2.31. The third-order valence-corrected chi connectivity index (χ3v) is 5.54. The second-order valence-electron chi connectivity index (χ2n) is 7.77. The summed E-state index contributed by atoms with van der Waals surface area (Å²) in [5, 5.41) is 19.5. The second-order valence-corrected chi connectivity index (χ2v) is 7.77. The van der Waals surface area contributed by atoms with Crippen LogP contribution in [0.5, 0.6) is 5.75 Å². The van der Waals surface area contributed by atoms with Crippen molar-refractivity contribution in [1.82, 2.24) is 45.1 Å². The maximum absolute atomic E-state index is 14.4. The number of halogens is 1. The van der Waals surface area contributed by atoms with E-state index in [4.69, 9.17) is 4.74 Å². The molecule has 0 bridgehead atoms. The van der Waals surface area contributed by atoms with Gasteiger partial charge in [-0.2, -0.15) is 15.0 Å². The van der Waals surface area contributed by atoms with Gasteiger partial charge < -0.3 is 14.6 Å². The Balaban J connectivity index is 1.16. The number of carbonyl (C=O) groups is 1. The number of nitrogens with zero attached hydrogens (tertiary/aromatic N) is 8. The molecule has 0 saturated carbocycles. The number of piperidine rings is 1. The molecular weight excluding hydrogens is 445 g/mol. The number of aromatic nitrogens is 8. The Labute approximate surface area is 192 Å². The molecule has 1 fully saturated rings. The van der Waals surface area contributed by atoms with Crippen LogP contribution in [0.25, 0.3) is 5.69 Å². The number of carbonyl (C=O) groups excluding carboxylic acids is 1. The third-order valence-electron chi connectivity index (χ3n) is 5.54. The first-order valence-electron chi connectivity index (χ1n) is 10.6. The van der Waals surface area contributed by atoms with Crippen molar-refractivity contribution in [1.29, 1.82) is 0 Å². The summed E-state index contributed by atoms with van der Waals surface area (Å²) in [6, 6.07) is 8.98. The predicted molar refractivity (Wildman–Crippen MR) is 115 cm³/mol. The number of benzene rings is 1. The fraction of sp³-hybridized carbons (Fsp3) is 0.286. The topological polar surface area (TPSA) is 137 Å². The predicted octanol–water partition coefficient (Wildman–Crippen LogP) is 1.14. The van der Waals surface area contributed by atoms with Crippen molar-refractivity contribution in [2.24, 2.45) is 0 Å². The van der Waals surface area contributed by atoms with Crippen LogP contribution in [0.3, 0.4) is 0 Å². The van der Waals surface area contributed by atoms with E-state index in [1.807, 2.05) is 0 Å². The van der Waals surface area contributed by atoms with Crippen LogP contribution in [0.1, 0.15) is 35.1 Å². The molecule has 12 nitrogen and oxygen atoms in total. The number of amides is 1. The van der Waals surface area contributed by atoms with Crippen LogP contribution in [0.2, 0.25) is 0 Å². The maximum atomic E-state index is 14.4. The molecule has 0 atom stereocenters. The van der Waals surface area contributed by atoms with E-state index in [2.05, 4.69) is 30.7 Å². The number of hydrogen-bond donors (Lipinski definition) is 1. The maximum Gasteiger partial charge on any atom is 0.270 e. The minimum atomic E-state index is -0.544. The number of tetrazole rings is 1. The van der Waals surface area contributed by atoms with Crippen LogP contribution in [0.4, 0.5) is 4.39 Å². The van der Waals surface area contributed by atoms with E-state index >= 15 is 0 Å². The van der Waals surface area contributed by atoms with E-state index in [0.29, 0.717) is 37.3 Å². The molecule has 1 N–H and O–H groups in total. The number of hydrogen-bond acceptors (Lipinski definition) is 8. The van der Waals surface area contributed by atoms with Gasteiger partial charge in [-0.15, -0.1) is 5.10 Å². The van der Waals surface area contributed by atoms with Crippen molar-refractivity contribution in [3.8, 4) is 11.4 Å². The SMILES string of the molecule is O=C(c1cccc(=O)[nH]1)N1CCC(n2ncc(COc3ccc(-n4cnnn4)cc3F)n2)CC1. The summed E-state index contributed by atoms with van der Waals surface area (Å²) in [5.74, 6) is -0.666. The van der Waals surface area contributed by atoms with Crippen LogP contribution in [-0.4, -0.2) is 64.1 Å². The smallest absolute Gasteiger partial charge is 0.270 e. The number of ether oxygens (including phenoxy) is 1. The number of H-pyrrole nitrogens is 1. The van der Waals surface area contributed by atoms with Gasteiger partial charge in [-0.05, 0) is 41.5 Å². The van der Waals surface area contributed by atoms with Crippen molar-refractivity contribution < 1.29 is 13.9 Å². The van der Waals surface area contributed by atoms with E-state index in [0.717, 1.165) is 0 Å². The number of rotatable bonds is 6. The number of aromatic amines is 1. The molecule has 0 spiro atoms. The summed E-state index contributed by atoms with van der Waals surface area (Å²) in [4.78, 5) is 29.9. The van der Waals surface area contributed by atoms with Gasteiger partial charge in [0.25, 0.3) is 5.91 Å². The Bertz CT molecular complexity index is 1340. The van der Waals surface area contributed by atoms with Crippen molar-refractivity contribution in [3.63, 3.8) is 0 Å². The van der Waals surface area contributed by atoms with Gasteiger partial charge in [-0.1, -0.05) is 6.07 Å². The summed E-state index contributed by atoms with van der Waals surface area (Å²) < 4.78 is 21.3. The largest absolute Gasteiger partial charge is 0.484 e. The van der Waals surface area contributed by atoms with Crippen LogP contribution in [0.15, 0.2) is 53.7 Å². The molecule has 4 heterocycles. The highest BCUT2D eigenvalue weighted by Gasteiger charge is 2.26. The van der Waals surface area contributed by atoms with E-state index in [9.17, 15) is 14.0 Å². The van der Waals surface area contributed by atoms with Crippen LogP contribution in [0, 0.1) is 5.82 Å². The zero-order chi connectivity index (χ0) is 23.5. The van der Waals surface area contributed by atoms with E-state index in [-0.39, 0.29) is 35.6 Å². The molecule has 1 aromatic carbocycles. The van der Waals surface area contributed by atoms with Gasteiger partial charge in [-0.25, -0.2) is 9.07 Å². The Hall–Kier alpha value is -4.42. The molecule has 0 unspecified atom stereocenters. The zero-order valence-corrected chi connectivity index (χ0v) is 17.9. The molecule has 174 valence electrons. The van der Waals surface area contributed by atoms with Gasteiger partial charge in [0, 0.05) is 25.2 Å². The molecule has 3 aromatic heterocycles. The normalized spacial score (nSPS) is 14.3. The highest BCUT2D eigenvalue weighted by molar-refractivity contribution is 5.92. The summed E-state index contributed by atoms with van der Waals surface area (Å²) in [5.41, 5.74) is 1.01. The summed E-state index contributed by atoms with van der Waals surface area (Å²) in [6.07, 6.45) is 4.30. The first-order chi connectivity index (χ1) is 16.6. The third kappa shape index (κ3) is 4.53. The summed E-state index contributed by atoms with van der Waals surface area (Å²) in [6.45, 7) is 1.10. The number of pyridine rings is 1. The lowest BCUT2D eigenvalue weighted by atomic mass is 10.1. The van der Waals surface area contributed by atoms with Crippen molar-refractivity contribution in [2.45, 2.75) is 25.5 Å². The first kappa shape index (κ1) is 21.4. The average molecular weight is 465 g/mol. The highest BCUT2D eigenvalue weighted by atomic mass is 19.1. The fourth-order valence-corrected chi connectivity index (χ4v) is 3.77. The molecule has 1 aliphatic rings. The molecular formula is C21H20FN9O3. The van der Waals surface area contributed by atoms with Crippen LogP contribution >= 0.6 is 0 Å². The van der Waals surface area contributed by atoms with Crippen LogP contribution < -0.4 is 10.3 Å². The van der Waals surface area contributed by atoms with Crippen LogP contribution in [-0.2, 0) is 6.61 Å². The van der Waals surface area contributed by atoms with E-state index < -0.39 is 5.82 Å². The Morgan fingerprint density at radius 1 is 1.21 bits per heavy atom. The second kappa shape index (κ2) is 9.21. The zero-order valence-electron chi connectivity index (χ0n) is 17.9. The fourth-order valence-electron chi connectivity index (χ4n) is 3.77. The molecule has 0 radical (unpaired) electrons. The standard InChI is InChI=1S/C21H20FN9O3/c22-17-10-16(30-13-23-27-28-30)4-5-19(17)34-12-14-11-24-31(26-14)15-6-8-29(9-7-15)21(33)18-2-1-3-20(32)25-18/h1-5,10-11,13,15H,6-9,12H2,(H,25,32). The minimum Gasteiger partial charge on any atom is -0.484 e. The van der Waals surface area contributed by atoms with Crippen molar-refractivity contribution in [3.05, 3.63) is 76.5 Å². The molecule has 13 heteroatoms. The monoisotopic (exact) mass is 465 g/mol. The molecule has 1 aliphatic heterocycles. The van der Waals surface area contributed by atoms with Gasteiger partial charge in [0.15, 0.2) is 11.6 Å². The Morgan fingerprint density at radius 2 is 2.06 bits per heavy atom. The summed E-state index contributed by atoms with van der Waals surface area (Å²) in [7, 11) is 0. The lowest BCUT2D eigenvalue weighted by molar-refractivity contribution is 0.0677. The van der Waals surface area contributed by atoms with Gasteiger partial charge >= 0.3 is 0 Å². The average Bonchev–Trinajstić information content (AvgIpc) is 3.56. The molecule has 0 aliphatic carbocycles. The molecule has 5 rings (SSSR count). The number of likely N-dealkylation sites (tertiary alicyclic amines) is 1. The molecule has 34 heavy (non-hydrogen) atoms. The number of nitrogens with one attached hydrogen (secondary N) is 1.